The molecule has 1 aliphatic rings. The van der Waals surface area contributed by atoms with Crippen molar-refractivity contribution in [3.8, 4) is 5.75 Å². The number of ether oxygens (including phenoxy) is 2. The van der Waals surface area contributed by atoms with Gasteiger partial charge in [0.05, 0.1) is 19.1 Å². The van der Waals surface area contributed by atoms with Crippen molar-refractivity contribution in [3.63, 3.8) is 0 Å². The van der Waals surface area contributed by atoms with Gasteiger partial charge in [-0.2, -0.15) is 0 Å². The second-order valence-corrected chi connectivity index (χ2v) is 6.67. The van der Waals surface area contributed by atoms with Gasteiger partial charge in [-0.25, -0.2) is 0 Å². The van der Waals surface area contributed by atoms with Crippen LogP contribution in [0.2, 0.25) is 5.02 Å². The smallest absolute Gasteiger partial charge is 0.306 e. The van der Waals surface area contributed by atoms with Crippen LogP contribution in [0.3, 0.4) is 0 Å². The number of benzene rings is 2. The first-order chi connectivity index (χ1) is 13.0. The van der Waals surface area contributed by atoms with Gasteiger partial charge in [-0.3, -0.25) is 9.59 Å². The maximum Gasteiger partial charge on any atom is 0.306 e. The van der Waals surface area contributed by atoms with E-state index in [1.165, 1.54) is 0 Å². The third kappa shape index (κ3) is 5.21. The summed E-state index contributed by atoms with van der Waals surface area (Å²) in [6.07, 6.45) is -1.50. The molecule has 1 N–H and O–H groups in total. The van der Waals surface area contributed by atoms with Gasteiger partial charge in [0.1, 0.15) is 5.75 Å². The third-order valence-electron chi connectivity index (χ3n) is 4.25. The van der Waals surface area contributed by atoms with Crippen molar-refractivity contribution in [2.24, 2.45) is 0 Å². The Bertz CT molecular complexity index is 781. The molecule has 1 fully saturated rings. The Balaban J connectivity index is 1.80. The van der Waals surface area contributed by atoms with Crippen LogP contribution in [0.15, 0.2) is 54.6 Å². The minimum absolute atomic E-state index is 0.141. The number of nitrogens with zero attached hydrogens (tertiary/aromatic N) is 1. The summed E-state index contributed by atoms with van der Waals surface area (Å²) in [7, 11) is 0. The molecule has 2 aromatic rings. The lowest BCUT2D eigenvalue weighted by Crippen LogP contribution is -2.48. The highest BCUT2D eigenvalue weighted by Crippen LogP contribution is 2.26. The zero-order valence-electron chi connectivity index (χ0n) is 14.6. The quantitative estimate of drug-likeness (QED) is 0.821. The summed E-state index contributed by atoms with van der Waals surface area (Å²) in [5.74, 6) is -0.655. The van der Waals surface area contributed by atoms with Crippen LogP contribution in [0.4, 0.5) is 0 Å². The summed E-state index contributed by atoms with van der Waals surface area (Å²) in [6.45, 7) is 0.910. The number of morpholine rings is 1. The van der Waals surface area contributed by atoms with E-state index in [0.717, 1.165) is 5.56 Å². The highest BCUT2D eigenvalue weighted by Gasteiger charge is 2.32. The highest BCUT2D eigenvalue weighted by molar-refractivity contribution is 6.30. The molecule has 27 heavy (non-hydrogen) atoms. The van der Waals surface area contributed by atoms with Crippen LogP contribution in [0.25, 0.3) is 0 Å². The van der Waals surface area contributed by atoms with Gasteiger partial charge >= 0.3 is 5.97 Å². The van der Waals surface area contributed by atoms with Crippen LogP contribution in [-0.2, 0) is 14.3 Å². The van der Waals surface area contributed by atoms with Crippen molar-refractivity contribution >= 4 is 23.5 Å². The molecule has 7 heteroatoms. The molecular weight excluding hydrogens is 370 g/mol. The molecule has 6 nitrogen and oxygen atoms in total. The Morgan fingerprint density at radius 2 is 1.89 bits per heavy atom. The van der Waals surface area contributed by atoms with Gasteiger partial charge in [-0.15, -0.1) is 0 Å². The molecule has 0 saturated carbocycles. The van der Waals surface area contributed by atoms with Crippen LogP contribution in [0.5, 0.6) is 5.75 Å². The summed E-state index contributed by atoms with van der Waals surface area (Å²) in [5, 5.41) is 9.55. The molecular formula is C20H20ClNO5. The number of aliphatic carboxylic acids is 1. The fourth-order valence-electron chi connectivity index (χ4n) is 2.94. The van der Waals surface area contributed by atoms with E-state index in [2.05, 4.69) is 0 Å². The molecule has 2 aromatic carbocycles. The second-order valence-electron chi connectivity index (χ2n) is 6.24. The van der Waals surface area contributed by atoms with Crippen molar-refractivity contribution < 1.29 is 24.2 Å². The molecule has 1 aliphatic heterocycles. The normalized spacial score (nSPS) is 18.0. The summed E-state index contributed by atoms with van der Waals surface area (Å²) in [6, 6.07) is 16.0. The van der Waals surface area contributed by atoms with Crippen LogP contribution in [0, 0.1) is 0 Å². The Hall–Kier alpha value is -2.57. The van der Waals surface area contributed by atoms with Crippen LogP contribution in [-0.4, -0.2) is 47.7 Å². The first-order valence-electron chi connectivity index (χ1n) is 8.62. The lowest BCUT2D eigenvalue weighted by molar-refractivity contribution is -0.151. The number of hydrogen-bond acceptors (Lipinski definition) is 4. The highest BCUT2D eigenvalue weighted by atomic mass is 35.5. The van der Waals surface area contributed by atoms with Gasteiger partial charge < -0.3 is 19.5 Å². The maximum atomic E-state index is 13.2. The number of hydrogen-bond donors (Lipinski definition) is 1. The molecule has 0 radical (unpaired) electrons. The summed E-state index contributed by atoms with van der Waals surface area (Å²) >= 11 is 5.91. The molecule has 1 amide bonds. The van der Waals surface area contributed by atoms with E-state index in [1.807, 2.05) is 30.3 Å². The van der Waals surface area contributed by atoms with E-state index in [1.54, 1.807) is 29.2 Å². The van der Waals surface area contributed by atoms with Crippen molar-refractivity contribution in [1.82, 2.24) is 4.90 Å². The van der Waals surface area contributed by atoms with Crippen molar-refractivity contribution in [3.05, 3.63) is 65.2 Å². The largest absolute Gasteiger partial charge is 0.481 e. The van der Waals surface area contributed by atoms with Gasteiger partial charge in [0, 0.05) is 23.7 Å². The monoisotopic (exact) mass is 389 g/mol. The molecule has 2 unspecified atom stereocenters. The lowest BCUT2D eigenvalue weighted by atomic mass is 10.1. The van der Waals surface area contributed by atoms with Crippen molar-refractivity contribution in [1.29, 1.82) is 0 Å². The third-order valence-corrected chi connectivity index (χ3v) is 4.50. The molecule has 2 atom stereocenters. The summed E-state index contributed by atoms with van der Waals surface area (Å²) in [4.78, 5) is 25.7. The first kappa shape index (κ1) is 19.2. The SMILES string of the molecule is O=C(O)CC1CN(C(=O)C(Oc2ccc(Cl)cc2)c2ccccc2)CCO1. The minimum atomic E-state index is -0.952. The molecule has 0 spiro atoms. The first-order valence-corrected chi connectivity index (χ1v) is 9.00. The molecule has 142 valence electrons. The predicted octanol–water partition coefficient (Wildman–Crippen LogP) is 3.16. The van der Waals surface area contributed by atoms with Crippen molar-refractivity contribution in [2.45, 2.75) is 18.6 Å². The van der Waals surface area contributed by atoms with Gasteiger partial charge in [0.2, 0.25) is 6.10 Å². The zero-order chi connectivity index (χ0) is 19.2. The fraction of sp³-hybridized carbons (Fsp3) is 0.300. The van der Waals surface area contributed by atoms with Gasteiger partial charge in [-0.05, 0) is 24.3 Å². The molecule has 1 heterocycles. The van der Waals surface area contributed by atoms with E-state index < -0.39 is 18.2 Å². The lowest BCUT2D eigenvalue weighted by Gasteiger charge is -2.34. The zero-order valence-corrected chi connectivity index (χ0v) is 15.3. The van der Waals surface area contributed by atoms with Crippen LogP contribution >= 0.6 is 11.6 Å². The van der Waals surface area contributed by atoms with E-state index in [4.69, 9.17) is 26.2 Å². The Kier molecular flexibility index (Phi) is 6.32. The maximum absolute atomic E-state index is 13.2. The summed E-state index contributed by atoms with van der Waals surface area (Å²) < 4.78 is 11.4. The van der Waals surface area contributed by atoms with Gasteiger partial charge in [0.15, 0.2) is 0 Å². The standard InChI is InChI=1S/C20H20ClNO5/c21-15-6-8-16(9-7-15)27-19(14-4-2-1-3-5-14)20(25)22-10-11-26-17(13-22)12-18(23)24/h1-9,17,19H,10-13H2,(H,23,24). The number of amides is 1. The number of rotatable bonds is 6. The number of carboxylic acids is 1. The molecule has 0 bridgehead atoms. The average molecular weight is 390 g/mol. The fourth-order valence-corrected chi connectivity index (χ4v) is 3.07. The molecule has 3 rings (SSSR count). The predicted molar refractivity (Wildman–Crippen MR) is 99.8 cm³/mol. The Morgan fingerprint density at radius 1 is 1.19 bits per heavy atom. The molecule has 0 aliphatic carbocycles. The van der Waals surface area contributed by atoms with E-state index in [-0.39, 0.29) is 18.9 Å². The topological polar surface area (TPSA) is 76.1 Å². The van der Waals surface area contributed by atoms with Crippen LogP contribution < -0.4 is 4.74 Å². The van der Waals surface area contributed by atoms with Crippen LogP contribution in [0.1, 0.15) is 18.1 Å². The minimum Gasteiger partial charge on any atom is -0.481 e. The number of halogens is 1. The average Bonchev–Trinajstić information content (AvgIpc) is 2.67. The van der Waals surface area contributed by atoms with Gasteiger partial charge in [0.25, 0.3) is 5.91 Å². The molecule has 0 aromatic heterocycles. The number of carbonyl (C=O) groups excluding carboxylic acids is 1. The Labute approximate surface area is 162 Å². The second kappa shape index (κ2) is 8.88. The van der Waals surface area contributed by atoms with E-state index in [0.29, 0.717) is 23.9 Å². The molecule has 1 saturated heterocycles. The summed E-state index contributed by atoms with van der Waals surface area (Å²) in [5.41, 5.74) is 0.721. The Morgan fingerprint density at radius 3 is 2.56 bits per heavy atom. The number of carboxylic acid groups (broad SMARTS) is 1. The number of carbonyl (C=O) groups is 2. The van der Waals surface area contributed by atoms with Gasteiger partial charge in [-0.1, -0.05) is 41.9 Å². The van der Waals surface area contributed by atoms with E-state index >= 15 is 0 Å². The van der Waals surface area contributed by atoms with E-state index in [9.17, 15) is 9.59 Å². The van der Waals surface area contributed by atoms with Crippen molar-refractivity contribution in [2.75, 3.05) is 19.7 Å².